The van der Waals surface area contributed by atoms with E-state index < -0.39 is 0 Å². The summed E-state index contributed by atoms with van der Waals surface area (Å²) in [5.41, 5.74) is 2.59. The van der Waals surface area contributed by atoms with E-state index in [9.17, 15) is 14.0 Å². The lowest BCUT2D eigenvalue weighted by Gasteiger charge is -2.21. The standard InChI is InChI=1S/C19H21FN2O2/c1-3-22(13-15-6-8-16(20)9-7-15)19(24)12-18(23)21-17-10-4-14(2)5-11-17/h4-11H,3,12-13H2,1-2H3,(H,21,23). The van der Waals surface area contributed by atoms with Crippen LogP contribution in [0.25, 0.3) is 0 Å². The lowest BCUT2D eigenvalue weighted by atomic mass is 10.2. The fraction of sp³-hybridized carbons (Fsp3) is 0.263. The molecule has 2 aromatic rings. The summed E-state index contributed by atoms with van der Waals surface area (Å²) in [4.78, 5) is 25.9. The van der Waals surface area contributed by atoms with Crippen molar-refractivity contribution in [3.05, 3.63) is 65.5 Å². The predicted molar refractivity (Wildman–Crippen MR) is 91.9 cm³/mol. The summed E-state index contributed by atoms with van der Waals surface area (Å²) in [5, 5.41) is 2.71. The number of aryl methyl sites for hydroxylation is 1. The first kappa shape index (κ1) is 17.7. The average molecular weight is 328 g/mol. The van der Waals surface area contributed by atoms with Crippen LogP contribution in [-0.2, 0) is 16.1 Å². The minimum absolute atomic E-state index is 0.219. The van der Waals surface area contributed by atoms with Gasteiger partial charge in [-0.25, -0.2) is 4.39 Å². The molecule has 0 bridgehead atoms. The van der Waals surface area contributed by atoms with Crippen molar-refractivity contribution in [1.82, 2.24) is 4.90 Å². The fourth-order valence-electron chi connectivity index (χ4n) is 2.28. The summed E-state index contributed by atoms with van der Waals surface area (Å²) in [6, 6.07) is 13.4. The van der Waals surface area contributed by atoms with Gasteiger partial charge in [0.05, 0.1) is 0 Å². The molecular weight excluding hydrogens is 307 g/mol. The number of benzene rings is 2. The maximum atomic E-state index is 12.9. The molecule has 0 fully saturated rings. The highest BCUT2D eigenvalue weighted by Gasteiger charge is 2.16. The van der Waals surface area contributed by atoms with Gasteiger partial charge in [0.1, 0.15) is 12.2 Å². The van der Waals surface area contributed by atoms with Crippen LogP contribution >= 0.6 is 0 Å². The van der Waals surface area contributed by atoms with Gasteiger partial charge in [-0.05, 0) is 43.7 Å². The van der Waals surface area contributed by atoms with Gasteiger partial charge in [0.15, 0.2) is 0 Å². The van der Waals surface area contributed by atoms with Crippen LogP contribution in [0.4, 0.5) is 10.1 Å². The number of hydrogen-bond donors (Lipinski definition) is 1. The quantitative estimate of drug-likeness (QED) is 0.825. The van der Waals surface area contributed by atoms with E-state index in [-0.39, 0.29) is 24.1 Å². The first-order valence-electron chi connectivity index (χ1n) is 7.86. The first-order valence-corrected chi connectivity index (χ1v) is 7.86. The maximum Gasteiger partial charge on any atom is 0.233 e. The van der Waals surface area contributed by atoms with Gasteiger partial charge in [0, 0.05) is 18.8 Å². The molecular formula is C19H21FN2O2. The number of halogens is 1. The summed E-state index contributed by atoms with van der Waals surface area (Å²) >= 11 is 0. The Labute approximate surface area is 141 Å². The highest BCUT2D eigenvalue weighted by atomic mass is 19.1. The number of nitrogens with zero attached hydrogens (tertiary/aromatic N) is 1. The molecule has 0 aliphatic carbocycles. The summed E-state index contributed by atoms with van der Waals surface area (Å²) in [7, 11) is 0. The number of carbonyl (C=O) groups excluding carboxylic acids is 2. The molecule has 0 saturated carbocycles. The Morgan fingerprint density at radius 3 is 2.25 bits per heavy atom. The Balaban J connectivity index is 1.91. The lowest BCUT2D eigenvalue weighted by molar-refractivity contribution is -0.134. The zero-order chi connectivity index (χ0) is 17.5. The van der Waals surface area contributed by atoms with Crippen LogP contribution < -0.4 is 5.32 Å². The number of carbonyl (C=O) groups is 2. The molecule has 0 aromatic heterocycles. The first-order chi connectivity index (χ1) is 11.5. The predicted octanol–water partition coefficient (Wildman–Crippen LogP) is 3.51. The van der Waals surface area contributed by atoms with E-state index in [0.29, 0.717) is 18.8 Å². The van der Waals surface area contributed by atoms with E-state index in [1.54, 1.807) is 29.2 Å². The molecule has 0 atom stereocenters. The van der Waals surface area contributed by atoms with Crippen LogP contribution in [-0.4, -0.2) is 23.3 Å². The third kappa shape index (κ3) is 5.19. The Bertz CT molecular complexity index is 696. The van der Waals surface area contributed by atoms with Crippen molar-refractivity contribution in [2.75, 3.05) is 11.9 Å². The van der Waals surface area contributed by atoms with Crippen molar-refractivity contribution in [3.8, 4) is 0 Å². The zero-order valence-electron chi connectivity index (χ0n) is 13.9. The smallest absolute Gasteiger partial charge is 0.233 e. The highest BCUT2D eigenvalue weighted by Crippen LogP contribution is 2.11. The number of rotatable bonds is 6. The number of nitrogens with one attached hydrogen (secondary N) is 1. The van der Waals surface area contributed by atoms with E-state index in [1.165, 1.54) is 12.1 Å². The van der Waals surface area contributed by atoms with Crippen LogP contribution in [0.3, 0.4) is 0 Å². The Morgan fingerprint density at radius 1 is 1.04 bits per heavy atom. The summed E-state index contributed by atoms with van der Waals surface area (Å²) in [6.07, 6.45) is -0.219. The van der Waals surface area contributed by atoms with Crippen LogP contribution in [0, 0.1) is 12.7 Å². The van der Waals surface area contributed by atoms with E-state index >= 15 is 0 Å². The largest absolute Gasteiger partial charge is 0.338 e. The van der Waals surface area contributed by atoms with Crippen LogP contribution in [0.15, 0.2) is 48.5 Å². The van der Waals surface area contributed by atoms with E-state index in [0.717, 1.165) is 11.1 Å². The summed E-state index contributed by atoms with van der Waals surface area (Å²) < 4.78 is 12.9. The Kier molecular flexibility index (Phi) is 6.07. The van der Waals surface area contributed by atoms with Gasteiger partial charge in [0.25, 0.3) is 0 Å². The van der Waals surface area contributed by atoms with E-state index in [2.05, 4.69) is 5.32 Å². The monoisotopic (exact) mass is 328 g/mol. The summed E-state index contributed by atoms with van der Waals surface area (Å²) in [5.74, 6) is -0.918. The van der Waals surface area contributed by atoms with Gasteiger partial charge in [-0.15, -0.1) is 0 Å². The highest BCUT2D eigenvalue weighted by molar-refractivity contribution is 6.03. The molecule has 24 heavy (non-hydrogen) atoms. The molecule has 2 rings (SSSR count). The second-order valence-electron chi connectivity index (χ2n) is 5.63. The van der Waals surface area contributed by atoms with Gasteiger partial charge in [-0.2, -0.15) is 0 Å². The van der Waals surface area contributed by atoms with Crippen molar-refractivity contribution in [2.45, 2.75) is 26.8 Å². The van der Waals surface area contributed by atoms with Crippen molar-refractivity contribution in [2.24, 2.45) is 0 Å². The van der Waals surface area contributed by atoms with Crippen molar-refractivity contribution in [1.29, 1.82) is 0 Å². The van der Waals surface area contributed by atoms with Gasteiger partial charge < -0.3 is 10.2 Å². The molecule has 0 spiro atoms. The second-order valence-corrected chi connectivity index (χ2v) is 5.63. The van der Waals surface area contributed by atoms with Crippen LogP contribution in [0.1, 0.15) is 24.5 Å². The second kappa shape index (κ2) is 8.24. The van der Waals surface area contributed by atoms with Gasteiger partial charge in [-0.3, -0.25) is 9.59 Å². The zero-order valence-corrected chi connectivity index (χ0v) is 13.9. The molecule has 0 radical (unpaired) electrons. The number of anilines is 1. The third-order valence-corrected chi connectivity index (χ3v) is 3.67. The van der Waals surface area contributed by atoms with Gasteiger partial charge in [-0.1, -0.05) is 29.8 Å². The molecule has 0 aliphatic rings. The minimum atomic E-state index is -0.346. The molecule has 126 valence electrons. The maximum absolute atomic E-state index is 12.9. The van der Waals surface area contributed by atoms with Crippen LogP contribution in [0.5, 0.6) is 0 Å². The molecule has 0 heterocycles. The SMILES string of the molecule is CCN(Cc1ccc(F)cc1)C(=O)CC(=O)Nc1ccc(C)cc1. The van der Waals surface area contributed by atoms with Crippen molar-refractivity contribution >= 4 is 17.5 Å². The van der Waals surface area contributed by atoms with Gasteiger partial charge >= 0.3 is 0 Å². The molecule has 2 amide bonds. The Hall–Kier alpha value is -2.69. The van der Waals surface area contributed by atoms with E-state index in [4.69, 9.17) is 0 Å². The molecule has 2 aromatic carbocycles. The summed E-state index contributed by atoms with van der Waals surface area (Å²) in [6.45, 7) is 4.64. The van der Waals surface area contributed by atoms with E-state index in [1.807, 2.05) is 26.0 Å². The van der Waals surface area contributed by atoms with Gasteiger partial charge in [0.2, 0.25) is 11.8 Å². The molecule has 0 saturated heterocycles. The Morgan fingerprint density at radius 2 is 1.67 bits per heavy atom. The fourth-order valence-corrected chi connectivity index (χ4v) is 2.28. The number of hydrogen-bond acceptors (Lipinski definition) is 2. The lowest BCUT2D eigenvalue weighted by Crippen LogP contribution is -2.33. The molecule has 5 heteroatoms. The third-order valence-electron chi connectivity index (χ3n) is 3.67. The van der Waals surface area contributed by atoms with Crippen LogP contribution in [0.2, 0.25) is 0 Å². The van der Waals surface area contributed by atoms with Crippen molar-refractivity contribution < 1.29 is 14.0 Å². The minimum Gasteiger partial charge on any atom is -0.338 e. The topological polar surface area (TPSA) is 49.4 Å². The normalized spacial score (nSPS) is 10.3. The molecule has 4 nitrogen and oxygen atoms in total. The number of amides is 2. The molecule has 1 N–H and O–H groups in total. The molecule has 0 aliphatic heterocycles. The van der Waals surface area contributed by atoms with Crippen molar-refractivity contribution in [3.63, 3.8) is 0 Å². The molecule has 0 unspecified atom stereocenters. The average Bonchev–Trinajstić information content (AvgIpc) is 2.56.